The Balaban J connectivity index is 1.75. The van der Waals surface area contributed by atoms with Crippen LogP contribution in [0.5, 0.6) is 0 Å². The number of nitrogens with one attached hydrogen (secondary N) is 1. The predicted octanol–water partition coefficient (Wildman–Crippen LogP) is 2.31. The minimum Gasteiger partial charge on any atom is -0.711 e. The van der Waals surface area contributed by atoms with E-state index >= 15 is 0 Å². The first kappa shape index (κ1) is 14.3. The van der Waals surface area contributed by atoms with Gasteiger partial charge in [-0.1, -0.05) is 0 Å². The quantitative estimate of drug-likeness (QED) is 0.699. The number of carbonyl (C=O) groups excluding carboxylic acids is 1. The third-order valence-corrected chi connectivity index (χ3v) is 3.69. The summed E-state index contributed by atoms with van der Waals surface area (Å²) in [7, 11) is 0. The minimum atomic E-state index is -0.399. The largest absolute Gasteiger partial charge is 0.711 e. The molecule has 22 heavy (non-hydrogen) atoms. The maximum absolute atomic E-state index is 12.8. The van der Waals surface area contributed by atoms with E-state index in [2.05, 4.69) is 5.32 Å². The molecule has 0 aliphatic carbocycles. The molecule has 1 saturated heterocycles. The van der Waals surface area contributed by atoms with Crippen LogP contribution in [0.25, 0.3) is 0 Å². The molecule has 1 aliphatic rings. The average Bonchev–Trinajstić information content (AvgIpc) is 3.03. The lowest BCUT2D eigenvalue weighted by Gasteiger charge is -2.16. The topological polar surface area (TPSA) is 59.3 Å². The normalized spacial score (nSPS) is 14.1. The molecular formula is C16H16FN3O2. The second-order valence-electron chi connectivity index (χ2n) is 5.26. The summed E-state index contributed by atoms with van der Waals surface area (Å²) in [6.07, 6.45) is 3.42. The van der Waals surface area contributed by atoms with Gasteiger partial charge in [0.25, 0.3) is 11.7 Å². The zero-order chi connectivity index (χ0) is 15.5. The van der Waals surface area contributed by atoms with Crippen molar-refractivity contribution in [2.45, 2.75) is 12.8 Å². The van der Waals surface area contributed by atoms with Crippen LogP contribution in [-0.2, 0) is 0 Å². The van der Waals surface area contributed by atoms with Gasteiger partial charge in [0.05, 0.1) is 18.7 Å². The molecule has 2 heterocycles. The fourth-order valence-electron chi connectivity index (χ4n) is 2.54. The Hall–Kier alpha value is -2.63. The lowest BCUT2D eigenvalue weighted by molar-refractivity contribution is -0.592. The maximum Gasteiger partial charge on any atom is 0.279 e. The first-order valence-electron chi connectivity index (χ1n) is 7.18. The Morgan fingerprint density at radius 3 is 2.45 bits per heavy atom. The third kappa shape index (κ3) is 3.00. The molecule has 1 N–H and O–H groups in total. The molecular weight excluding hydrogens is 285 g/mol. The summed E-state index contributed by atoms with van der Waals surface area (Å²) in [6.45, 7) is 1.73. The molecule has 5 nitrogen and oxygen atoms in total. The SMILES string of the molecule is O=C(Nc1ccc(F)cc1)c1ccc(N2CCCC2)[n+]([O-])c1. The first-order valence-corrected chi connectivity index (χ1v) is 7.18. The maximum atomic E-state index is 12.8. The number of hydrogen-bond donors (Lipinski definition) is 1. The Morgan fingerprint density at radius 1 is 1.14 bits per heavy atom. The van der Waals surface area contributed by atoms with Crippen LogP contribution in [0, 0.1) is 11.0 Å². The van der Waals surface area contributed by atoms with E-state index in [-0.39, 0.29) is 11.4 Å². The standard InChI is InChI=1S/C16H16FN3O2/c17-13-4-6-14(7-5-13)18-16(21)12-3-8-15(20(22)11-12)19-9-1-2-10-19/h3-8,11H,1-2,9-10H2,(H,18,21). The van der Waals surface area contributed by atoms with Gasteiger partial charge in [0.1, 0.15) is 12.0 Å². The predicted molar refractivity (Wildman–Crippen MR) is 81.2 cm³/mol. The highest BCUT2D eigenvalue weighted by Gasteiger charge is 2.22. The molecule has 0 bridgehead atoms. The van der Waals surface area contributed by atoms with Gasteiger partial charge in [-0.25, -0.2) is 9.12 Å². The van der Waals surface area contributed by atoms with Crippen LogP contribution in [0.2, 0.25) is 0 Å². The molecule has 114 valence electrons. The first-order chi connectivity index (χ1) is 10.6. The monoisotopic (exact) mass is 301 g/mol. The number of halogens is 1. The minimum absolute atomic E-state index is 0.266. The Morgan fingerprint density at radius 2 is 1.82 bits per heavy atom. The number of hydrogen-bond acceptors (Lipinski definition) is 3. The zero-order valence-corrected chi connectivity index (χ0v) is 12.0. The number of pyridine rings is 1. The van der Waals surface area contributed by atoms with Crippen molar-refractivity contribution in [2.24, 2.45) is 0 Å². The van der Waals surface area contributed by atoms with Crippen LogP contribution in [0.15, 0.2) is 42.6 Å². The molecule has 0 unspecified atom stereocenters. The van der Waals surface area contributed by atoms with Crippen LogP contribution < -0.4 is 14.9 Å². The molecule has 2 aromatic rings. The Bertz CT molecular complexity index is 682. The highest BCUT2D eigenvalue weighted by atomic mass is 19.1. The fourth-order valence-corrected chi connectivity index (χ4v) is 2.54. The summed E-state index contributed by atoms with van der Waals surface area (Å²) in [5.74, 6) is -0.203. The van der Waals surface area contributed by atoms with Gasteiger partial charge in [0.2, 0.25) is 0 Å². The van der Waals surface area contributed by atoms with Crippen LogP contribution in [0.3, 0.4) is 0 Å². The number of anilines is 2. The Labute approximate surface area is 127 Å². The highest BCUT2D eigenvalue weighted by Crippen LogP contribution is 2.17. The number of carbonyl (C=O) groups is 1. The third-order valence-electron chi connectivity index (χ3n) is 3.69. The summed E-state index contributed by atoms with van der Waals surface area (Å²) in [6, 6.07) is 8.76. The van der Waals surface area contributed by atoms with E-state index in [1.165, 1.54) is 30.5 Å². The second-order valence-corrected chi connectivity index (χ2v) is 5.26. The van der Waals surface area contributed by atoms with Gasteiger partial charge in [-0.2, -0.15) is 0 Å². The van der Waals surface area contributed by atoms with E-state index in [1.54, 1.807) is 12.1 Å². The van der Waals surface area contributed by atoms with E-state index in [0.29, 0.717) is 11.5 Å². The molecule has 0 radical (unpaired) electrons. The molecule has 1 fully saturated rings. The smallest absolute Gasteiger partial charge is 0.279 e. The molecule has 0 saturated carbocycles. The number of rotatable bonds is 3. The van der Waals surface area contributed by atoms with Crippen LogP contribution >= 0.6 is 0 Å². The van der Waals surface area contributed by atoms with Gasteiger partial charge >= 0.3 is 0 Å². The van der Waals surface area contributed by atoms with Crippen LogP contribution in [-0.4, -0.2) is 19.0 Å². The van der Waals surface area contributed by atoms with Crippen molar-refractivity contribution in [1.82, 2.24) is 0 Å². The van der Waals surface area contributed by atoms with Gasteiger partial charge in [0.15, 0.2) is 0 Å². The number of benzene rings is 1. The summed E-state index contributed by atoms with van der Waals surface area (Å²) in [5.41, 5.74) is 0.745. The van der Waals surface area contributed by atoms with Gasteiger partial charge < -0.3 is 10.5 Å². The summed E-state index contributed by atoms with van der Waals surface area (Å²) < 4.78 is 13.6. The van der Waals surface area contributed by atoms with Crippen molar-refractivity contribution in [2.75, 3.05) is 23.3 Å². The lowest BCUT2D eigenvalue weighted by Crippen LogP contribution is -2.37. The summed E-state index contributed by atoms with van der Waals surface area (Å²) in [4.78, 5) is 14.1. The van der Waals surface area contributed by atoms with Crippen molar-refractivity contribution in [3.05, 3.63) is 59.2 Å². The van der Waals surface area contributed by atoms with Crippen LogP contribution in [0.1, 0.15) is 23.2 Å². The molecule has 0 atom stereocenters. The molecule has 6 heteroatoms. The van der Waals surface area contributed by atoms with E-state index < -0.39 is 5.91 Å². The highest BCUT2D eigenvalue weighted by molar-refractivity contribution is 6.03. The van der Waals surface area contributed by atoms with Crippen molar-refractivity contribution in [3.63, 3.8) is 0 Å². The van der Waals surface area contributed by atoms with E-state index in [9.17, 15) is 14.4 Å². The van der Waals surface area contributed by atoms with Crippen molar-refractivity contribution < 1.29 is 13.9 Å². The van der Waals surface area contributed by atoms with Crippen LogP contribution in [0.4, 0.5) is 15.9 Å². The van der Waals surface area contributed by atoms with Gasteiger partial charge in [-0.05, 0) is 43.2 Å². The fraction of sp³-hybridized carbons (Fsp3) is 0.250. The van der Waals surface area contributed by atoms with Gasteiger partial charge in [-0.15, -0.1) is 0 Å². The molecule has 1 aliphatic heterocycles. The molecule has 1 aromatic carbocycles. The van der Waals surface area contributed by atoms with Gasteiger partial charge in [-0.3, -0.25) is 9.69 Å². The number of amides is 1. The summed E-state index contributed by atoms with van der Waals surface area (Å²) >= 11 is 0. The van der Waals surface area contributed by atoms with E-state index in [4.69, 9.17) is 0 Å². The Kier molecular flexibility index (Phi) is 3.91. The molecule has 0 spiro atoms. The zero-order valence-electron chi connectivity index (χ0n) is 12.0. The van der Waals surface area contributed by atoms with Crippen molar-refractivity contribution in [1.29, 1.82) is 0 Å². The van der Waals surface area contributed by atoms with E-state index in [1.807, 2.05) is 4.90 Å². The number of aromatic nitrogens is 1. The molecule has 1 amide bonds. The van der Waals surface area contributed by atoms with E-state index in [0.717, 1.165) is 30.7 Å². The average molecular weight is 301 g/mol. The lowest BCUT2D eigenvalue weighted by atomic mass is 10.2. The van der Waals surface area contributed by atoms with Crippen molar-refractivity contribution in [3.8, 4) is 0 Å². The van der Waals surface area contributed by atoms with Gasteiger partial charge in [0, 0.05) is 11.8 Å². The molecule has 3 rings (SSSR count). The second kappa shape index (κ2) is 6.01. The number of nitrogens with zero attached hydrogens (tertiary/aromatic N) is 2. The molecule has 1 aromatic heterocycles. The van der Waals surface area contributed by atoms with Crippen molar-refractivity contribution >= 4 is 17.4 Å². The summed E-state index contributed by atoms with van der Waals surface area (Å²) in [5, 5.41) is 14.7.